The van der Waals surface area contributed by atoms with Crippen LogP contribution in [0.5, 0.6) is 0 Å². The van der Waals surface area contributed by atoms with Crippen LogP contribution < -0.4 is 0 Å². The number of carbonyl (C=O) groups is 2. The molecule has 0 aliphatic heterocycles. The van der Waals surface area contributed by atoms with Crippen molar-refractivity contribution in [3.05, 3.63) is 64.4 Å². The quantitative estimate of drug-likeness (QED) is 0.270. The van der Waals surface area contributed by atoms with E-state index in [0.717, 1.165) is 4.57 Å². The number of halogens is 3. The number of Topliss-reactive ketones (excluding diaryl/α,β-unsaturated/α-hetero) is 1. The number of carbonyl (C=O) groups excluding carboxylic acids is 2. The highest BCUT2D eigenvalue weighted by Gasteiger charge is 2.30. The second-order valence-corrected chi connectivity index (χ2v) is 8.02. The molecule has 170 valence electrons. The van der Waals surface area contributed by atoms with Gasteiger partial charge in [0.2, 0.25) is 5.78 Å². The van der Waals surface area contributed by atoms with Crippen molar-refractivity contribution in [1.29, 1.82) is 0 Å². The Morgan fingerprint density at radius 3 is 2.59 bits per heavy atom. The summed E-state index contributed by atoms with van der Waals surface area (Å²) >= 11 is 1.26. The molecular weight excluding hydrogens is 447 g/mol. The third-order valence-electron chi connectivity index (χ3n) is 4.57. The minimum Gasteiger partial charge on any atom is -0.454 e. The summed E-state index contributed by atoms with van der Waals surface area (Å²) in [6.45, 7) is 2.88. The summed E-state index contributed by atoms with van der Waals surface area (Å²) in [4.78, 5) is 29.2. The van der Waals surface area contributed by atoms with Gasteiger partial charge in [0, 0.05) is 35.0 Å². The second kappa shape index (κ2) is 9.60. The number of hydrogen-bond donors (Lipinski definition) is 0. The Morgan fingerprint density at radius 2 is 1.94 bits per heavy atom. The van der Waals surface area contributed by atoms with Crippen LogP contribution in [0.2, 0.25) is 0 Å². The Balaban J connectivity index is 1.66. The number of alkyl halides is 3. The molecule has 0 radical (unpaired) electrons. The Kier molecular flexibility index (Phi) is 7.07. The van der Waals surface area contributed by atoms with Crippen LogP contribution in [0.25, 0.3) is 0 Å². The molecule has 0 atom stereocenters. The van der Waals surface area contributed by atoms with Crippen LogP contribution in [0.1, 0.15) is 43.6 Å². The summed E-state index contributed by atoms with van der Waals surface area (Å²) in [6.07, 6.45) is -2.89. The molecule has 0 saturated heterocycles. The molecule has 3 aromatic rings. The standard InChI is InChI=1S/C21H20F3N3O4S/c1-12-7-17(14(3)27(12)11-21(22,23)24)18(28)9-30-20(29)16-5-4-6-25-19(16)32-10-15-8-13(2)31-26-15/h4-8H,9-11H2,1-3H3. The Morgan fingerprint density at radius 1 is 1.19 bits per heavy atom. The number of aromatic nitrogens is 3. The number of ketones is 1. The van der Waals surface area contributed by atoms with Crippen molar-refractivity contribution >= 4 is 23.5 Å². The van der Waals surface area contributed by atoms with E-state index in [4.69, 9.17) is 9.26 Å². The fraction of sp³-hybridized carbons (Fsp3) is 0.333. The van der Waals surface area contributed by atoms with E-state index in [1.165, 1.54) is 43.9 Å². The van der Waals surface area contributed by atoms with Gasteiger partial charge in [0.25, 0.3) is 0 Å². The highest BCUT2D eigenvalue weighted by molar-refractivity contribution is 7.98. The lowest BCUT2D eigenvalue weighted by atomic mass is 10.1. The summed E-state index contributed by atoms with van der Waals surface area (Å²) in [7, 11) is 0. The number of aryl methyl sites for hydroxylation is 2. The second-order valence-electron chi connectivity index (χ2n) is 7.06. The maximum Gasteiger partial charge on any atom is 0.406 e. The van der Waals surface area contributed by atoms with Gasteiger partial charge < -0.3 is 13.8 Å². The summed E-state index contributed by atoms with van der Waals surface area (Å²) in [6, 6.07) is 6.21. The molecule has 0 aromatic carbocycles. The molecular formula is C21H20F3N3O4S. The van der Waals surface area contributed by atoms with Crippen LogP contribution in [0.3, 0.4) is 0 Å². The molecule has 3 rings (SSSR count). The monoisotopic (exact) mass is 467 g/mol. The van der Waals surface area contributed by atoms with Crippen molar-refractivity contribution < 1.29 is 32.0 Å². The molecule has 0 aliphatic rings. The third-order valence-corrected chi connectivity index (χ3v) is 5.61. The van der Waals surface area contributed by atoms with E-state index < -0.39 is 31.1 Å². The number of rotatable bonds is 8. The average molecular weight is 467 g/mol. The van der Waals surface area contributed by atoms with Crippen LogP contribution in [-0.2, 0) is 17.0 Å². The SMILES string of the molecule is Cc1cc(CSc2ncccc2C(=O)OCC(=O)c2cc(C)n(CC(F)(F)F)c2C)no1. The van der Waals surface area contributed by atoms with Crippen molar-refractivity contribution in [3.63, 3.8) is 0 Å². The maximum atomic E-state index is 12.8. The van der Waals surface area contributed by atoms with E-state index in [1.807, 2.05) is 0 Å². The zero-order chi connectivity index (χ0) is 23.5. The van der Waals surface area contributed by atoms with Gasteiger partial charge in [-0.1, -0.05) is 16.9 Å². The molecule has 0 fully saturated rings. The molecule has 32 heavy (non-hydrogen) atoms. The lowest BCUT2D eigenvalue weighted by Gasteiger charge is -2.12. The number of nitrogens with zero attached hydrogens (tertiary/aromatic N) is 3. The van der Waals surface area contributed by atoms with E-state index in [1.54, 1.807) is 19.1 Å². The zero-order valence-corrected chi connectivity index (χ0v) is 18.3. The van der Waals surface area contributed by atoms with Gasteiger partial charge in [0.15, 0.2) is 6.61 Å². The van der Waals surface area contributed by atoms with Gasteiger partial charge in [-0.15, -0.1) is 0 Å². The first-order chi connectivity index (χ1) is 15.0. The third kappa shape index (κ3) is 5.78. The van der Waals surface area contributed by atoms with E-state index in [-0.39, 0.29) is 16.8 Å². The van der Waals surface area contributed by atoms with Gasteiger partial charge >= 0.3 is 12.1 Å². The van der Waals surface area contributed by atoms with E-state index in [2.05, 4.69) is 10.1 Å². The summed E-state index contributed by atoms with van der Waals surface area (Å²) in [5, 5.41) is 4.28. The summed E-state index contributed by atoms with van der Waals surface area (Å²) < 4.78 is 49.5. The van der Waals surface area contributed by atoms with Crippen molar-refractivity contribution in [2.75, 3.05) is 6.61 Å². The van der Waals surface area contributed by atoms with E-state index in [0.29, 0.717) is 27.9 Å². The molecule has 7 nitrogen and oxygen atoms in total. The first kappa shape index (κ1) is 23.6. The number of thioether (sulfide) groups is 1. The minimum absolute atomic E-state index is 0.0849. The highest BCUT2D eigenvalue weighted by atomic mass is 32.2. The molecule has 3 aromatic heterocycles. The van der Waals surface area contributed by atoms with Gasteiger partial charge in [-0.3, -0.25) is 4.79 Å². The number of pyridine rings is 1. The molecule has 0 spiro atoms. The molecule has 0 unspecified atom stereocenters. The zero-order valence-electron chi connectivity index (χ0n) is 17.5. The fourth-order valence-electron chi connectivity index (χ4n) is 3.08. The summed E-state index contributed by atoms with van der Waals surface area (Å²) in [5.41, 5.74) is 1.40. The van der Waals surface area contributed by atoms with Crippen molar-refractivity contribution in [3.8, 4) is 0 Å². The van der Waals surface area contributed by atoms with Crippen molar-refractivity contribution in [2.45, 2.75) is 44.3 Å². The Hall–Kier alpha value is -3.08. The Bertz CT molecular complexity index is 1140. The number of ether oxygens (including phenoxy) is 1. The van der Waals surface area contributed by atoms with Gasteiger partial charge in [-0.2, -0.15) is 13.2 Å². The molecule has 0 amide bonds. The fourth-order valence-corrected chi connectivity index (χ4v) is 3.94. The first-order valence-corrected chi connectivity index (χ1v) is 10.5. The first-order valence-electron chi connectivity index (χ1n) is 9.49. The predicted octanol–water partition coefficient (Wildman–Crippen LogP) is 4.69. The number of esters is 1. The lowest BCUT2D eigenvalue weighted by Crippen LogP contribution is -2.20. The minimum atomic E-state index is -4.42. The Labute approximate surface area is 185 Å². The molecule has 11 heteroatoms. The smallest absolute Gasteiger partial charge is 0.406 e. The van der Waals surface area contributed by atoms with Crippen molar-refractivity contribution in [1.82, 2.24) is 14.7 Å². The topological polar surface area (TPSA) is 87.2 Å². The predicted molar refractivity (Wildman–Crippen MR) is 110 cm³/mol. The van der Waals surface area contributed by atoms with E-state index in [9.17, 15) is 22.8 Å². The van der Waals surface area contributed by atoms with Gasteiger partial charge in [0.1, 0.15) is 17.3 Å². The molecule has 0 N–H and O–H groups in total. The summed E-state index contributed by atoms with van der Waals surface area (Å²) in [5.74, 6) is -0.265. The van der Waals surface area contributed by atoms with Crippen LogP contribution in [0, 0.1) is 20.8 Å². The van der Waals surface area contributed by atoms with Gasteiger partial charge in [-0.05, 0) is 39.0 Å². The van der Waals surface area contributed by atoms with Gasteiger partial charge in [0.05, 0.1) is 11.3 Å². The van der Waals surface area contributed by atoms with Crippen LogP contribution in [0.4, 0.5) is 13.2 Å². The maximum absolute atomic E-state index is 12.8. The number of hydrogen-bond acceptors (Lipinski definition) is 7. The van der Waals surface area contributed by atoms with Crippen molar-refractivity contribution in [2.24, 2.45) is 0 Å². The molecule has 0 aliphatic carbocycles. The van der Waals surface area contributed by atoms with Gasteiger partial charge in [-0.25, -0.2) is 9.78 Å². The van der Waals surface area contributed by atoms with Crippen LogP contribution in [0.15, 0.2) is 40.0 Å². The lowest BCUT2D eigenvalue weighted by molar-refractivity contribution is -0.141. The highest BCUT2D eigenvalue weighted by Crippen LogP contribution is 2.26. The molecule has 0 bridgehead atoms. The van der Waals surface area contributed by atoms with E-state index >= 15 is 0 Å². The largest absolute Gasteiger partial charge is 0.454 e. The van der Waals surface area contributed by atoms with Crippen LogP contribution in [-0.4, -0.2) is 39.2 Å². The normalized spacial score (nSPS) is 11.6. The molecule has 0 saturated carbocycles. The molecule has 3 heterocycles. The van der Waals surface area contributed by atoms with Crippen LogP contribution >= 0.6 is 11.8 Å². The average Bonchev–Trinajstić information content (AvgIpc) is 3.27.